The van der Waals surface area contributed by atoms with E-state index in [1.165, 1.54) is 89.9 Å². The Bertz CT molecular complexity index is 145. The number of hydrogen-bond acceptors (Lipinski definition) is 0. The van der Waals surface area contributed by atoms with E-state index in [-0.39, 0.29) is 51.4 Å². The summed E-state index contributed by atoms with van der Waals surface area (Å²) in [7, 11) is 0. The second kappa shape index (κ2) is 21.7. The summed E-state index contributed by atoms with van der Waals surface area (Å²) >= 11 is 0. The van der Waals surface area contributed by atoms with Crippen molar-refractivity contribution in [2.24, 2.45) is 0 Å². The molecule has 0 rings (SSSR count). The molecule has 0 unspecified atom stereocenters. The van der Waals surface area contributed by atoms with E-state index in [1.807, 2.05) is 0 Å². The van der Waals surface area contributed by atoms with E-state index >= 15 is 0 Å². The number of hydrogen-bond donors (Lipinski definition) is 0. The van der Waals surface area contributed by atoms with Crippen molar-refractivity contribution < 1.29 is 0 Å². The summed E-state index contributed by atoms with van der Waals surface area (Å²) in [6, 6.07) is 0. The monoisotopic (exact) mass is 292 g/mol. The van der Waals surface area contributed by atoms with Gasteiger partial charge < -0.3 is 0 Å². The van der Waals surface area contributed by atoms with Crippen LogP contribution in [0.4, 0.5) is 0 Å². The van der Waals surface area contributed by atoms with E-state index < -0.39 is 0 Å². The molecule has 0 aliphatic heterocycles. The van der Waals surface area contributed by atoms with Gasteiger partial charge in [-0.25, -0.2) is 0 Å². The topological polar surface area (TPSA) is 0 Å². The predicted molar refractivity (Wildman–Crippen MR) is 92.3 cm³/mol. The molecular weight excluding hydrogens is 255 g/mol. The van der Waals surface area contributed by atoms with Gasteiger partial charge in [0.05, 0.1) is 0 Å². The maximum atomic E-state index is 2.41. The SMILES string of the molecule is CCCCCCCC/C=C\CCCCCCCC.[KH]. The minimum atomic E-state index is 0. The average Bonchev–Trinajstić information content (AvgIpc) is 2.39. The van der Waals surface area contributed by atoms with E-state index in [0.717, 1.165) is 0 Å². The molecule has 0 bridgehead atoms. The van der Waals surface area contributed by atoms with Crippen molar-refractivity contribution in [1.82, 2.24) is 0 Å². The quantitative estimate of drug-likeness (QED) is 0.197. The van der Waals surface area contributed by atoms with Crippen LogP contribution in [0.1, 0.15) is 104 Å². The third-order valence-electron chi connectivity index (χ3n) is 3.62. The first-order valence-electron chi connectivity index (χ1n) is 8.56. The Morgan fingerprint density at radius 2 is 0.789 bits per heavy atom. The summed E-state index contributed by atoms with van der Waals surface area (Å²) < 4.78 is 0. The molecule has 0 aromatic carbocycles. The Morgan fingerprint density at radius 1 is 0.474 bits per heavy atom. The van der Waals surface area contributed by atoms with Gasteiger partial charge in [-0.05, 0) is 25.7 Å². The zero-order valence-corrected chi connectivity index (χ0v) is 13.1. The molecule has 0 amide bonds. The molecule has 0 N–H and O–H groups in total. The summed E-state index contributed by atoms with van der Waals surface area (Å²) in [5.41, 5.74) is 0. The van der Waals surface area contributed by atoms with E-state index in [4.69, 9.17) is 0 Å². The molecule has 0 spiro atoms. The summed E-state index contributed by atoms with van der Waals surface area (Å²) in [5.74, 6) is 0. The Balaban J connectivity index is 0. The molecule has 0 aromatic heterocycles. The van der Waals surface area contributed by atoms with Crippen molar-refractivity contribution in [2.75, 3.05) is 0 Å². The fraction of sp³-hybridized carbons (Fsp3) is 0.889. The van der Waals surface area contributed by atoms with Gasteiger partial charge in [-0.2, -0.15) is 0 Å². The van der Waals surface area contributed by atoms with Crippen molar-refractivity contribution in [1.29, 1.82) is 0 Å². The summed E-state index contributed by atoms with van der Waals surface area (Å²) in [6.07, 6.45) is 24.4. The zero-order valence-electron chi connectivity index (χ0n) is 13.1. The van der Waals surface area contributed by atoms with Gasteiger partial charge in [-0.15, -0.1) is 0 Å². The van der Waals surface area contributed by atoms with Gasteiger partial charge >= 0.3 is 51.4 Å². The first-order chi connectivity index (χ1) is 8.91. The van der Waals surface area contributed by atoms with Crippen LogP contribution in [0.25, 0.3) is 0 Å². The molecule has 0 fully saturated rings. The average molecular weight is 293 g/mol. The fourth-order valence-electron chi connectivity index (χ4n) is 2.32. The van der Waals surface area contributed by atoms with Crippen LogP contribution in [-0.4, -0.2) is 51.4 Å². The number of allylic oxidation sites excluding steroid dienone is 2. The van der Waals surface area contributed by atoms with E-state index in [2.05, 4.69) is 26.0 Å². The molecule has 110 valence electrons. The van der Waals surface area contributed by atoms with E-state index in [1.54, 1.807) is 0 Å². The number of unbranched alkanes of at least 4 members (excludes halogenated alkanes) is 12. The maximum absolute atomic E-state index is 2.41. The Hall–Kier alpha value is 1.38. The van der Waals surface area contributed by atoms with Gasteiger partial charge in [0.15, 0.2) is 0 Å². The minimum absolute atomic E-state index is 0. The Morgan fingerprint density at radius 3 is 1.16 bits per heavy atom. The first-order valence-corrected chi connectivity index (χ1v) is 8.56. The van der Waals surface area contributed by atoms with Gasteiger partial charge in [0.1, 0.15) is 0 Å². The van der Waals surface area contributed by atoms with Gasteiger partial charge in [0, 0.05) is 0 Å². The standard InChI is InChI=1S/C18H36.K.H/c1-3-5-7-9-11-13-15-17-18-16-14-12-10-8-6-4-2;;/h17-18H,3-16H2,1-2H3;;/b18-17-;;. The van der Waals surface area contributed by atoms with Crippen LogP contribution in [0.5, 0.6) is 0 Å². The molecule has 0 aliphatic carbocycles. The summed E-state index contributed by atoms with van der Waals surface area (Å²) in [4.78, 5) is 0. The number of rotatable bonds is 14. The van der Waals surface area contributed by atoms with Crippen LogP contribution in [0.2, 0.25) is 0 Å². The van der Waals surface area contributed by atoms with Crippen LogP contribution in [0.3, 0.4) is 0 Å². The van der Waals surface area contributed by atoms with Gasteiger partial charge in [0.25, 0.3) is 0 Å². The fourth-order valence-corrected chi connectivity index (χ4v) is 2.32. The normalized spacial score (nSPS) is 10.8. The zero-order chi connectivity index (χ0) is 13.3. The molecule has 1 heteroatoms. The van der Waals surface area contributed by atoms with Crippen molar-refractivity contribution in [3.05, 3.63) is 12.2 Å². The molecule has 0 nitrogen and oxygen atoms in total. The van der Waals surface area contributed by atoms with E-state index in [0.29, 0.717) is 0 Å². The van der Waals surface area contributed by atoms with Crippen molar-refractivity contribution in [3.8, 4) is 0 Å². The second-order valence-electron chi connectivity index (χ2n) is 5.58. The molecule has 0 radical (unpaired) electrons. The van der Waals surface area contributed by atoms with Crippen LogP contribution in [-0.2, 0) is 0 Å². The van der Waals surface area contributed by atoms with Crippen molar-refractivity contribution in [3.63, 3.8) is 0 Å². The first kappa shape index (κ1) is 22.7. The summed E-state index contributed by atoms with van der Waals surface area (Å²) in [5, 5.41) is 0. The third-order valence-corrected chi connectivity index (χ3v) is 3.62. The van der Waals surface area contributed by atoms with Gasteiger partial charge in [-0.1, -0.05) is 90.2 Å². The van der Waals surface area contributed by atoms with Crippen LogP contribution >= 0.6 is 0 Å². The molecule has 0 heterocycles. The third kappa shape index (κ3) is 21.8. The Labute approximate surface area is 165 Å². The van der Waals surface area contributed by atoms with Crippen LogP contribution in [0, 0.1) is 0 Å². The van der Waals surface area contributed by atoms with Gasteiger partial charge in [0.2, 0.25) is 0 Å². The molecular formula is C18H37K. The van der Waals surface area contributed by atoms with Crippen molar-refractivity contribution in [2.45, 2.75) is 104 Å². The molecule has 0 saturated carbocycles. The molecule has 0 atom stereocenters. The van der Waals surface area contributed by atoms with E-state index in [9.17, 15) is 0 Å². The van der Waals surface area contributed by atoms with Crippen LogP contribution in [0.15, 0.2) is 12.2 Å². The second-order valence-corrected chi connectivity index (χ2v) is 5.58. The van der Waals surface area contributed by atoms with Crippen molar-refractivity contribution >= 4 is 51.4 Å². The van der Waals surface area contributed by atoms with Gasteiger partial charge in [-0.3, -0.25) is 0 Å². The molecule has 0 aromatic rings. The Kier molecular flexibility index (Phi) is 25.8. The molecule has 19 heavy (non-hydrogen) atoms. The predicted octanol–water partition coefficient (Wildman–Crippen LogP) is 6.40. The molecule has 0 saturated heterocycles. The van der Waals surface area contributed by atoms with Crippen LogP contribution < -0.4 is 0 Å². The summed E-state index contributed by atoms with van der Waals surface area (Å²) in [6.45, 7) is 4.57. The molecule has 0 aliphatic rings.